The van der Waals surface area contributed by atoms with Gasteiger partial charge in [-0.25, -0.2) is 15.0 Å². The van der Waals surface area contributed by atoms with Gasteiger partial charge in [-0.15, -0.1) is 0 Å². The summed E-state index contributed by atoms with van der Waals surface area (Å²) in [4.78, 5) is 17.1. The molecule has 0 aliphatic heterocycles. The normalized spacial score (nSPS) is 13.8. The second-order valence-electron chi connectivity index (χ2n) is 5.00. The molecule has 106 valence electrons. The molecule has 2 aromatic heterocycles. The number of nitrogens with two attached hydrogens (primary N) is 1. The summed E-state index contributed by atoms with van der Waals surface area (Å²) in [6.45, 7) is 0. The van der Waals surface area contributed by atoms with Gasteiger partial charge in [0.05, 0.1) is 6.33 Å². The third kappa shape index (κ3) is 2.38. The van der Waals surface area contributed by atoms with E-state index in [0.29, 0.717) is 22.1 Å². The van der Waals surface area contributed by atoms with E-state index in [1.165, 1.54) is 38.9 Å². The molecule has 0 radical (unpaired) electrons. The summed E-state index contributed by atoms with van der Waals surface area (Å²) in [5, 5.41) is 0.642. The first kappa shape index (κ1) is 13.3. The first-order valence-corrected chi connectivity index (χ1v) is 8.56. The van der Waals surface area contributed by atoms with Crippen LogP contribution in [-0.4, -0.2) is 19.9 Å². The van der Waals surface area contributed by atoms with Gasteiger partial charge in [-0.1, -0.05) is 0 Å². The molecule has 2 heterocycles. The Balaban J connectivity index is 1.74. The monoisotopic (exact) mass is 409 g/mol. The molecule has 5 nitrogen and oxygen atoms in total. The van der Waals surface area contributed by atoms with Crippen LogP contribution in [0, 0.1) is 3.57 Å². The molecule has 7 heteroatoms. The van der Waals surface area contributed by atoms with Crippen molar-refractivity contribution in [2.24, 2.45) is 0 Å². The highest BCUT2D eigenvalue weighted by atomic mass is 127. The molecule has 3 N–H and O–H groups in total. The molecule has 1 aliphatic carbocycles. The Bertz CT molecular complexity index is 845. The zero-order valence-electron chi connectivity index (χ0n) is 11.1. The molecule has 1 aliphatic rings. The van der Waals surface area contributed by atoms with Crippen LogP contribution in [-0.2, 0) is 12.8 Å². The Labute approximate surface area is 139 Å². The number of anilines is 1. The summed E-state index contributed by atoms with van der Waals surface area (Å²) in [6.07, 6.45) is 5.20. The predicted octanol–water partition coefficient (Wildman–Crippen LogP) is 3.18. The van der Waals surface area contributed by atoms with Gasteiger partial charge in [-0.2, -0.15) is 0 Å². The fraction of sp³-hybridized carbons (Fsp3) is 0.214. The van der Waals surface area contributed by atoms with Crippen molar-refractivity contribution in [2.45, 2.75) is 29.3 Å². The minimum Gasteiger partial charge on any atom is -0.382 e. The molecule has 4 rings (SSSR count). The van der Waals surface area contributed by atoms with Crippen LogP contribution in [0.2, 0.25) is 0 Å². The number of nitrogens with zero attached hydrogens (tertiary/aromatic N) is 3. The Morgan fingerprint density at radius 1 is 1.19 bits per heavy atom. The Kier molecular flexibility index (Phi) is 3.26. The minimum absolute atomic E-state index is 0.441. The van der Waals surface area contributed by atoms with E-state index >= 15 is 0 Å². The maximum Gasteiger partial charge on any atom is 0.196 e. The number of nitrogen functional groups attached to an aromatic ring is 1. The smallest absolute Gasteiger partial charge is 0.196 e. The number of aromatic amines is 1. The number of aryl methyl sites for hydroxylation is 2. The van der Waals surface area contributed by atoms with Crippen molar-refractivity contribution in [3.63, 3.8) is 0 Å². The number of hydrogen-bond acceptors (Lipinski definition) is 5. The number of aromatic nitrogens is 4. The summed E-state index contributed by atoms with van der Waals surface area (Å²) in [5.74, 6) is 0.441. The second-order valence-corrected chi connectivity index (χ2v) is 7.17. The van der Waals surface area contributed by atoms with Crippen molar-refractivity contribution >= 4 is 51.3 Å². The molecule has 1 aromatic carbocycles. The predicted molar refractivity (Wildman–Crippen MR) is 91.4 cm³/mol. The summed E-state index contributed by atoms with van der Waals surface area (Å²) in [7, 11) is 0. The van der Waals surface area contributed by atoms with E-state index in [9.17, 15) is 0 Å². The van der Waals surface area contributed by atoms with Gasteiger partial charge in [0.2, 0.25) is 0 Å². The van der Waals surface area contributed by atoms with E-state index < -0.39 is 0 Å². The topological polar surface area (TPSA) is 80.5 Å². The molecule has 0 saturated heterocycles. The van der Waals surface area contributed by atoms with Crippen LogP contribution in [0.3, 0.4) is 0 Å². The van der Waals surface area contributed by atoms with Crippen molar-refractivity contribution in [1.82, 2.24) is 19.9 Å². The van der Waals surface area contributed by atoms with Gasteiger partial charge in [0, 0.05) is 8.47 Å². The Morgan fingerprint density at radius 2 is 2.00 bits per heavy atom. The zero-order valence-corrected chi connectivity index (χ0v) is 14.0. The fourth-order valence-corrected chi connectivity index (χ4v) is 4.32. The van der Waals surface area contributed by atoms with E-state index in [0.717, 1.165) is 0 Å². The van der Waals surface area contributed by atoms with Crippen molar-refractivity contribution in [3.8, 4) is 0 Å². The lowest BCUT2D eigenvalue weighted by Gasteiger charge is -2.07. The average Bonchev–Trinajstić information content (AvgIpc) is 3.07. The largest absolute Gasteiger partial charge is 0.382 e. The zero-order chi connectivity index (χ0) is 14.4. The van der Waals surface area contributed by atoms with Gasteiger partial charge in [-0.05, 0) is 76.9 Å². The number of H-pyrrole nitrogens is 1. The number of halogens is 1. The van der Waals surface area contributed by atoms with Gasteiger partial charge in [0.1, 0.15) is 5.52 Å². The SMILES string of the molecule is Nc1nc(Sc2cc3c(cc2I)CCC3)nc2nc[nH]c12. The molecule has 0 saturated carbocycles. The number of rotatable bonds is 2. The maximum atomic E-state index is 5.95. The molecule has 21 heavy (non-hydrogen) atoms. The molecule has 0 amide bonds. The molecule has 0 atom stereocenters. The second kappa shape index (κ2) is 5.13. The molecular formula is C14H12IN5S. The van der Waals surface area contributed by atoms with E-state index in [1.807, 2.05) is 0 Å². The highest BCUT2D eigenvalue weighted by molar-refractivity contribution is 14.1. The molecular weight excluding hydrogens is 397 g/mol. The van der Waals surface area contributed by atoms with Crippen LogP contribution in [0.4, 0.5) is 5.82 Å². The van der Waals surface area contributed by atoms with Gasteiger partial charge in [-0.3, -0.25) is 0 Å². The van der Waals surface area contributed by atoms with E-state index in [2.05, 4.69) is 54.7 Å². The molecule has 0 unspecified atom stereocenters. The van der Waals surface area contributed by atoms with Crippen molar-refractivity contribution in [1.29, 1.82) is 0 Å². The van der Waals surface area contributed by atoms with Gasteiger partial charge in [0.25, 0.3) is 0 Å². The summed E-state index contributed by atoms with van der Waals surface area (Å²) >= 11 is 3.93. The van der Waals surface area contributed by atoms with E-state index in [1.54, 1.807) is 18.1 Å². The quantitative estimate of drug-likeness (QED) is 0.502. The number of fused-ring (bicyclic) bond motifs is 2. The lowest BCUT2D eigenvalue weighted by Crippen LogP contribution is -1.97. The summed E-state index contributed by atoms with van der Waals surface area (Å²) in [5.41, 5.74) is 10.2. The lowest BCUT2D eigenvalue weighted by molar-refractivity contribution is 0.911. The van der Waals surface area contributed by atoms with Crippen LogP contribution < -0.4 is 5.73 Å². The summed E-state index contributed by atoms with van der Waals surface area (Å²) < 4.78 is 1.24. The third-order valence-corrected chi connectivity index (χ3v) is 5.82. The Hall–Kier alpha value is -1.35. The van der Waals surface area contributed by atoms with E-state index in [-0.39, 0.29) is 0 Å². The molecule has 0 bridgehead atoms. The van der Waals surface area contributed by atoms with Gasteiger partial charge < -0.3 is 10.7 Å². The van der Waals surface area contributed by atoms with Crippen molar-refractivity contribution < 1.29 is 0 Å². The molecule has 0 spiro atoms. The average molecular weight is 409 g/mol. The fourth-order valence-electron chi connectivity index (χ4n) is 2.63. The number of hydrogen-bond donors (Lipinski definition) is 2. The van der Waals surface area contributed by atoms with Crippen LogP contribution in [0.15, 0.2) is 28.5 Å². The minimum atomic E-state index is 0.441. The highest BCUT2D eigenvalue weighted by Crippen LogP contribution is 2.35. The van der Waals surface area contributed by atoms with E-state index in [4.69, 9.17) is 5.73 Å². The first-order valence-electron chi connectivity index (χ1n) is 6.66. The van der Waals surface area contributed by atoms with Crippen LogP contribution in [0.25, 0.3) is 11.2 Å². The first-order chi connectivity index (χ1) is 10.2. The highest BCUT2D eigenvalue weighted by Gasteiger charge is 2.16. The van der Waals surface area contributed by atoms with Gasteiger partial charge in [0.15, 0.2) is 16.6 Å². The van der Waals surface area contributed by atoms with Crippen LogP contribution >= 0.6 is 34.4 Å². The molecule has 0 fully saturated rings. The Morgan fingerprint density at radius 3 is 2.86 bits per heavy atom. The molecule has 3 aromatic rings. The van der Waals surface area contributed by atoms with Crippen LogP contribution in [0.5, 0.6) is 0 Å². The van der Waals surface area contributed by atoms with Crippen molar-refractivity contribution in [3.05, 3.63) is 33.2 Å². The van der Waals surface area contributed by atoms with Crippen molar-refractivity contribution in [2.75, 3.05) is 5.73 Å². The van der Waals surface area contributed by atoms with Gasteiger partial charge >= 0.3 is 0 Å². The summed E-state index contributed by atoms with van der Waals surface area (Å²) in [6, 6.07) is 4.55. The lowest BCUT2D eigenvalue weighted by atomic mass is 10.1. The van der Waals surface area contributed by atoms with Crippen LogP contribution in [0.1, 0.15) is 17.5 Å². The third-order valence-electron chi connectivity index (χ3n) is 3.64. The number of benzene rings is 1. The number of nitrogens with one attached hydrogen (secondary N) is 1. The number of imidazole rings is 1. The maximum absolute atomic E-state index is 5.95. The standard InChI is InChI=1S/C14H12IN5S/c15-9-4-7-2-1-3-8(7)5-10(9)21-14-19-12(16)11-13(20-14)18-6-17-11/h4-6H,1-3H2,(H3,16,17,18,19,20).